The Morgan fingerprint density at radius 1 is 1.67 bits per heavy atom. The number of alkyl halides is 1. The number of halogens is 1. The highest BCUT2D eigenvalue weighted by atomic mass is 127. The first kappa shape index (κ1) is 7.05. The molecule has 0 bridgehead atoms. The first-order valence-electron chi connectivity index (χ1n) is 2.68. The van der Waals surface area contributed by atoms with Crippen molar-refractivity contribution < 1.29 is 4.42 Å². The third-order valence-electron chi connectivity index (χ3n) is 1.02. The van der Waals surface area contributed by atoms with E-state index in [2.05, 4.69) is 41.4 Å². The van der Waals surface area contributed by atoms with Crippen molar-refractivity contribution in [1.29, 1.82) is 0 Å². The summed E-state index contributed by atoms with van der Waals surface area (Å²) < 4.78 is 5.14. The third kappa shape index (κ3) is 1.67. The number of hydrogen-bond acceptors (Lipinski definition) is 2. The summed E-state index contributed by atoms with van der Waals surface area (Å²) in [6, 6.07) is 0. The molecule has 0 aliphatic carbocycles. The Morgan fingerprint density at radius 3 is 2.56 bits per heavy atom. The summed E-state index contributed by atoms with van der Waals surface area (Å²) in [6.45, 7) is 4.15. The minimum atomic E-state index is 0.0637. The average molecular weight is 237 g/mol. The second-order valence-corrected chi connectivity index (χ2v) is 5.04. The van der Waals surface area contributed by atoms with Gasteiger partial charge >= 0.3 is 0 Å². The van der Waals surface area contributed by atoms with Crippen molar-refractivity contribution >= 4 is 22.6 Å². The smallest absolute Gasteiger partial charge is 0.180 e. The number of aromatic nitrogens is 1. The van der Waals surface area contributed by atoms with Gasteiger partial charge in [0, 0.05) is 0 Å². The van der Waals surface area contributed by atoms with Crippen molar-refractivity contribution in [3.63, 3.8) is 0 Å². The van der Waals surface area contributed by atoms with Crippen LogP contribution in [0.4, 0.5) is 0 Å². The highest BCUT2D eigenvalue weighted by Gasteiger charge is 2.18. The Bertz CT molecular complexity index is 175. The summed E-state index contributed by atoms with van der Waals surface area (Å²) >= 11 is 2.31. The fourth-order valence-electron chi connectivity index (χ4n) is 0.509. The highest BCUT2D eigenvalue weighted by Crippen LogP contribution is 2.29. The van der Waals surface area contributed by atoms with Gasteiger partial charge < -0.3 is 4.42 Å². The van der Waals surface area contributed by atoms with Crippen LogP contribution in [-0.4, -0.2) is 4.98 Å². The standard InChI is InChI=1S/C6H8INO/c1-6(2,7)5-3-8-4-9-5/h3-4H,1-2H3. The van der Waals surface area contributed by atoms with Gasteiger partial charge in [-0.25, -0.2) is 4.98 Å². The zero-order valence-corrected chi connectivity index (χ0v) is 7.55. The maximum Gasteiger partial charge on any atom is 0.180 e. The first-order chi connectivity index (χ1) is 4.11. The minimum absolute atomic E-state index is 0.0637. The van der Waals surface area contributed by atoms with Crippen LogP contribution in [0.5, 0.6) is 0 Å². The number of oxazole rings is 1. The maximum atomic E-state index is 5.08. The van der Waals surface area contributed by atoms with Crippen molar-refractivity contribution in [1.82, 2.24) is 4.98 Å². The van der Waals surface area contributed by atoms with Gasteiger partial charge in [-0.1, -0.05) is 22.6 Å². The quantitative estimate of drug-likeness (QED) is 0.553. The van der Waals surface area contributed by atoms with Gasteiger partial charge in [0.05, 0.1) is 9.62 Å². The Hall–Kier alpha value is -0.0600. The fraction of sp³-hybridized carbons (Fsp3) is 0.500. The van der Waals surface area contributed by atoms with Crippen LogP contribution in [0, 0.1) is 0 Å². The lowest BCUT2D eigenvalue weighted by molar-refractivity contribution is 0.474. The normalized spacial score (nSPS) is 11.9. The molecule has 9 heavy (non-hydrogen) atoms. The van der Waals surface area contributed by atoms with Crippen molar-refractivity contribution in [2.24, 2.45) is 0 Å². The molecular formula is C6H8INO. The molecular weight excluding hydrogens is 229 g/mol. The first-order valence-corrected chi connectivity index (χ1v) is 3.76. The lowest BCUT2D eigenvalue weighted by Crippen LogP contribution is -2.03. The van der Waals surface area contributed by atoms with E-state index in [1.165, 1.54) is 6.39 Å². The number of nitrogens with zero attached hydrogens (tertiary/aromatic N) is 1. The Morgan fingerprint density at radius 2 is 2.33 bits per heavy atom. The Labute approximate surface area is 67.8 Å². The second kappa shape index (κ2) is 2.28. The van der Waals surface area contributed by atoms with Gasteiger partial charge in [0.15, 0.2) is 6.39 Å². The molecule has 1 rings (SSSR count). The highest BCUT2D eigenvalue weighted by molar-refractivity contribution is 14.1. The molecule has 0 fully saturated rings. The van der Waals surface area contributed by atoms with E-state index in [1.807, 2.05) is 0 Å². The van der Waals surface area contributed by atoms with E-state index in [0.717, 1.165) is 5.76 Å². The average Bonchev–Trinajstić information content (AvgIpc) is 2.08. The zero-order valence-electron chi connectivity index (χ0n) is 5.39. The molecule has 0 unspecified atom stereocenters. The summed E-state index contributed by atoms with van der Waals surface area (Å²) in [6.07, 6.45) is 3.20. The molecule has 0 N–H and O–H groups in total. The minimum Gasteiger partial charge on any atom is -0.447 e. The van der Waals surface area contributed by atoms with Gasteiger partial charge in [0.25, 0.3) is 0 Å². The summed E-state index contributed by atoms with van der Waals surface area (Å²) in [4.78, 5) is 3.82. The summed E-state index contributed by atoms with van der Waals surface area (Å²) in [5.41, 5.74) is 0. The molecule has 0 saturated carbocycles. The fourth-order valence-corrected chi connectivity index (χ4v) is 0.776. The van der Waals surface area contributed by atoms with Crippen molar-refractivity contribution in [3.8, 4) is 0 Å². The third-order valence-corrected chi connectivity index (χ3v) is 1.55. The Kier molecular flexibility index (Phi) is 1.79. The lowest BCUT2D eigenvalue weighted by atomic mass is 10.2. The molecule has 1 heterocycles. The molecule has 3 heteroatoms. The summed E-state index contributed by atoms with van der Waals surface area (Å²) in [7, 11) is 0. The molecule has 0 amide bonds. The van der Waals surface area contributed by atoms with E-state index >= 15 is 0 Å². The lowest BCUT2D eigenvalue weighted by Gasteiger charge is -2.09. The predicted molar refractivity (Wildman–Crippen MR) is 43.5 cm³/mol. The monoisotopic (exact) mass is 237 g/mol. The van der Waals surface area contributed by atoms with Crippen molar-refractivity contribution in [2.45, 2.75) is 17.3 Å². The molecule has 2 nitrogen and oxygen atoms in total. The molecule has 1 aromatic heterocycles. The number of hydrogen-bond donors (Lipinski definition) is 0. The SMILES string of the molecule is CC(C)(I)c1cnco1. The molecule has 0 aromatic carbocycles. The largest absolute Gasteiger partial charge is 0.447 e. The zero-order chi connectivity index (χ0) is 6.91. The molecule has 0 saturated heterocycles. The predicted octanol–water partition coefficient (Wildman–Crippen LogP) is 2.34. The summed E-state index contributed by atoms with van der Waals surface area (Å²) in [5, 5.41) is 0. The van der Waals surface area contributed by atoms with E-state index in [4.69, 9.17) is 4.42 Å². The van der Waals surface area contributed by atoms with Gasteiger partial charge in [-0.05, 0) is 13.8 Å². The molecule has 0 atom stereocenters. The molecule has 0 spiro atoms. The van der Waals surface area contributed by atoms with E-state index in [0.29, 0.717) is 0 Å². The van der Waals surface area contributed by atoms with Crippen molar-refractivity contribution in [2.75, 3.05) is 0 Å². The molecule has 0 radical (unpaired) electrons. The van der Waals surface area contributed by atoms with E-state index in [9.17, 15) is 0 Å². The Balaban J connectivity index is 2.90. The molecule has 50 valence electrons. The van der Waals surface area contributed by atoms with E-state index in [1.54, 1.807) is 6.20 Å². The van der Waals surface area contributed by atoms with Gasteiger partial charge in [0.1, 0.15) is 5.76 Å². The second-order valence-electron chi connectivity index (χ2n) is 2.34. The van der Waals surface area contributed by atoms with Gasteiger partial charge in [0.2, 0.25) is 0 Å². The van der Waals surface area contributed by atoms with E-state index in [-0.39, 0.29) is 3.42 Å². The van der Waals surface area contributed by atoms with Crippen LogP contribution in [-0.2, 0) is 3.42 Å². The van der Waals surface area contributed by atoms with Crippen LogP contribution in [0.2, 0.25) is 0 Å². The van der Waals surface area contributed by atoms with E-state index < -0.39 is 0 Å². The van der Waals surface area contributed by atoms with Crippen LogP contribution in [0.1, 0.15) is 19.6 Å². The van der Waals surface area contributed by atoms with Crippen LogP contribution < -0.4 is 0 Å². The van der Waals surface area contributed by atoms with Crippen LogP contribution in [0.25, 0.3) is 0 Å². The number of rotatable bonds is 1. The molecule has 0 aliphatic heterocycles. The van der Waals surface area contributed by atoms with Gasteiger partial charge in [-0.15, -0.1) is 0 Å². The van der Waals surface area contributed by atoms with Crippen LogP contribution in [0.3, 0.4) is 0 Å². The summed E-state index contributed by atoms with van der Waals surface area (Å²) in [5.74, 6) is 0.920. The van der Waals surface area contributed by atoms with Gasteiger partial charge in [-0.2, -0.15) is 0 Å². The topological polar surface area (TPSA) is 26.0 Å². The van der Waals surface area contributed by atoms with Crippen LogP contribution in [0.15, 0.2) is 17.0 Å². The molecule has 0 aliphatic rings. The van der Waals surface area contributed by atoms with Crippen molar-refractivity contribution in [3.05, 3.63) is 18.4 Å². The maximum absolute atomic E-state index is 5.08. The van der Waals surface area contributed by atoms with Gasteiger partial charge in [-0.3, -0.25) is 0 Å². The molecule has 1 aromatic rings. The van der Waals surface area contributed by atoms with Crippen LogP contribution >= 0.6 is 22.6 Å².